The van der Waals surface area contributed by atoms with Gasteiger partial charge in [-0.2, -0.15) is 0 Å². The number of sulfone groups is 1. The van der Waals surface area contributed by atoms with Gasteiger partial charge in [0.1, 0.15) is 0 Å². The molecule has 3 aromatic rings. The Hall–Kier alpha value is -4.13. The zero-order valence-electron chi connectivity index (χ0n) is 18.8. The lowest BCUT2D eigenvalue weighted by Crippen LogP contribution is -2.26. The second-order valence-corrected chi connectivity index (χ2v) is 11.0. The van der Waals surface area contributed by atoms with Crippen LogP contribution >= 0.6 is 0 Å². The quantitative estimate of drug-likeness (QED) is 0.315. The van der Waals surface area contributed by atoms with Crippen LogP contribution in [0.2, 0.25) is 0 Å². The van der Waals surface area contributed by atoms with Gasteiger partial charge in [-0.05, 0) is 65.9 Å². The first-order valence-electron chi connectivity index (χ1n) is 11.6. The van der Waals surface area contributed by atoms with Crippen molar-refractivity contribution in [1.82, 2.24) is 0 Å². The van der Waals surface area contributed by atoms with Gasteiger partial charge >= 0.3 is 0 Å². The minimum Gasteiger partial charge on any atom is -0.338 e. The fourth-order valence-corrected chi connectivity index (χ4v) is 7.59. The predicted molar refractivity (Wildman–Crippen MR) is 136 cm³/mol. The van der Waals surface area contributed by atoms with E-state index >= 15 is 0 Å². The zero-order chi connectivity index (χ0) is 24.2. The van der Waals surface area contributed by atoms with Crippen molar-refractivity contribution in [3.63, 3.8) is 0 Å². The van der Waals surface area contributed by atoms with Gasteiger partial charge in [0.2, 0.25) is 9.84 Å². The van der Waals surface area contributed by atoms with Gasteiger partial charge in [0.25, 0.3) is 5.70 Å². The highest BCUT2D eigenvalue weighted by atomic mass is 32.2. The summed E-state index contributed by atoms with van der Waals surface area (Å²) in [4.78, 5) is 5.93. The Morgan fingerprint density at radius 1 is 1.06 bits per heavy atom. The van der Waals surface area contributed by atoms with Crippen LogP contribution < -0.4 is 4.90 Å². The maximum absolute atomic E-state index is 13.5. The molecule has 0 radical (unpaired) electrons. The Labute approximate surface area is 205 Å². The molecule has 1 saturated carbocycles. The Morgan fingerprint density at radius 3 is 2.60 bits per heavy atom. The highest BCUT2D eigenvalue weighted by Crippen LogP contribution is 2.53. The van der Waals surface area contributed by atoms with Gasteiger partial charge in [-0.25, -0.2) is 18.5 Å². The van der Waals surface area contributed by atoms with E-state index in [0.717, 1.165) is 24.8 Å². The van der Waals surface area contributed by atoms with Crippen LogP contribution in [0.4, 0.5) is 11.4 Å². The van der Waals surface area contributed by atoms with Crippen LogP contribution in [0.5, 0.6) is 0 Å². The van der Waals surface area contributed by atoms with Gasteiger partial charge in [0, 0.05) is 28.9 Å². The highest BCUT2D eigenvalue weighted by molar-refractivity contribution is 7.96. The molecule has 3 aromatic carbocycles. The average molecular weight is 476 g/mol. The number of anilines is 2. The van der Waals surface area contributed by atoms with Gasteiger partial charge in [-0.3, -0.25) is 0 Å². The molecule has 2 aliphatic heterocycles. The van der Waals surface area contributed by atoms with Crippen molar-refractivity contribution in [2.24, 2.45) is 0 Å². The third-order valence-electron chi connectivity index (χ3n) is 7.29. The molecule has 0 spiro atoms. The van der Waals surface area contributed by atoms with Gasteiger partial charge in [0.15, 0.2) is 0 Å². The molecule has 3 aliphatic rings. The summed E-state index contributed by atoms with van der Waals surface area (Å²) in [6.07, 6.45) is 5.02. The molecule has 5 nitrogen and oxygen atoms in total. The normalized spacial score (nSPS) is 23.8. The third kappa shape index (κ3) is 3.15. The summed E-state index contributed by atoms with van der Waals surface area (Å²) in [7, 11) is -3.85. The highest BCUT2D eigenvalue weighted by Gasteiger charge is 2.42. The minimum atomic E-state index is -3.85. The SMILES string of the molecule is [C-]#[N+]C(C#N)=C1/C(=C\c2ccc3c(c2)C2CCCC2N3c2ccccc2)S(=O)(=O)c2ccccc21. The molecule has 2 atom stereocenters. The number of allylic oxidation sites excluding steroid dienone is 2. The van der Waals surface area contributed by atoms with Crippen molar-refractivity contribution in [2.75, 3.05) is 4.90 Å². The summed E-state index contributed by atoms with van der Waals surface area (Å²) in [5, 5.41) is 9.58. The van der Waals surface area contributed by atoms with Gasteiger partial charge in [0.05, 0.1) is 22.4 Å². The standard InChI is InChI=1S/C29H21N3O2S/c1-31-24(18-30)29-22-10-5-6-13-27(22)35(33,34)28(29)17-19-14-15-26-23(16-19)21-11-7-12-25(21)32(26)20-8-3-2-4-9-20/h2-6,8-10,13-17,21,25H,7,11-12H2/b28-17+,29-24?. The molecule has 35 heavy (non-hydrogen) atoms. The maximum Gasteiger partial charge on any atom is 0.270 e. The first-order chi connectivity index (χ1) is 17.0. The summed E-state index contributed by atoms with van der Waals surface area (Å²) in [6, 6.07) is 25.4. The molecule has 0 aromatic heterocycles. The van der Waals surface area contributed by atoms with Gasteiger partial charge in [-0.15, -0.1) is 0 Å². The van der Waals surface area contributed by atoms with Gasteiger partial charge in [-0.1, -0.05) is 48.9 Å². The number of hydrogen-bond donors (Lipinski definition) is 0. The number of rotatable bonds is 2. The van der Waals surface area contributed by atoms with Crippen molar-refractivity contribution in [3.8, 4) is 6.07 Å². The van der Waals surface area contributed by atoms with Crippen LogP contribution in [0.3, 0.4) is 0 Å². The van der Waals surface area contributed by atoms with Crippen molar-refractivity contribution in [3.05, 3.63) is 112 Å². The van der Waals surface area contributed by atoms with Crippen LogP contribution in [0, 0.1) is 17.9 Å². The molecule has 170 valence electrons. The fraction of sp³-hybridized carbons (Fsp3) is 0.172. The number of benzene rings is 3. The average Bonchev–Trinajstić information content (AvgIpc) is 3.53. The second kappa shape index (κ2) is 7.98. The van der Waals surface area contributed by atoms with Crippen LogP contribution in [0.15, 0.2) is 88.3 Å². The molecular formula is C29H21N3O2S. The minimum absolute atomic E-state index is 0.0204. The second-order valence-electron chi connectivity index (χ2n) is 9.08. The smallest absolute Gasteiger partial charge is 0.270 e. The summed E-state index contributed by atoms with van der Waals surface area (Å²) >= 11 is 0. The molecule has 0 saturated heterocycles. The molecule has 0 amide bonds. The topological polar surface area (TPSA) is 65.5 Å². The van der Waals surface area contributed by atoms with E-state index in [4.69, 9.17) is 6.57 Å². The summed E-state index contributed by atoms with van der Waals surface area (Å²) < 4.78 is 26.9. The van der Waals surface area contributed by atoms with Crippen LogP contribution in [-0.4, -0.2) is 14.5 Å². The lowest BCUT2D eigenvalue weighted by atomic mass is 9.95. The molecule has 6 heteroatoms. The molecule has 1 fully saturated rings. The Balaban J connectivity index is 1.52. The fourth-order valence-electron chi connectivity index (χ4n) is 5.86. The summed E-state index contributed by atoms with van der Waals surface area (Å²) in [5.41, 5.74) is 4.73. The van der Waals surface area contributed by atoms with E-state index in [1.807, 2.05) is 18.2 Å². The predicted octanol–water partition coefficient (Wildman–Crippen LogP) is 6.46. The summed E-state index contributed by atoms with van der Waals surface area (Å²) in [5.74, 6) is 0.397. The Kier molecular flexibility index (Phi) is 4.88. The number of nitriles is 1. The van der Waals surface area contributed by atoms with Crippen LogP contribution in [0.25, 0.3) is 16.5 Å². The lowest BCUT2D eigenvalue weighted by molar-refractivity contribution is 0.604. The first kappa shape index (κ1) is 21.4. The van der Waals surface area contributed by atoms with E-state index < -0.39 is 9.84 Å². The van der Waals surface area contributed by atoms with E-state index in [1.54, 1.807) is 24.3 Å². The monoisotopic (exact) mass is 475 g/mol. The lowest BCUT2D eigenvalue weighted by Gasteiger charge is -2.27. The molecule has 1 aliphatic carbocycles. The van der Waals surface area contributed by atoms with Crippen LogP contribution in [0.1, 0.15) is 41.9 Å². The van der Waals surface area contributed by atoms with E-state index in [-0.39, 0.29) is 21.1 Å². The number of nitrogens with zero attached hydrogens (tertiary/aromatic N) is 3. The number of fused-ring (bicyclic) bond motifs is 4. The van der Waals surface area contributed by atoms with E-state index in [9.17, 15) is 13.7 Å². The molecular weight excluding hydrogens is 454 g/mol. The van der Waals surface area contributed by atoms with Gasteiger partial charge < -0.3 is 4.90 Å². The largest absolute Gasteiger partial charge is 0.338 e. The first-order valence-corrected chi connectivity index (χ1v) is 13.1. The number of para-hydroxylation sites is 1. The number of hydrogen-bond acceptors (Lipinski definition) is 4. The van der Waals surface area contributed by atoms with E-state index in [0.29, 0.717) is 17.5 Å². The third-order valence-corrected chi connectivity index (χ3v) is 9.13. The van der Waals surface area contributed by atoms with Crippen molar-refractivity contribution < 1.29 is 8.42 Å². The Morgan fingerprint density at radius 2 is 1.83 bits per heavy atom. The van der Waals surface area contributed by atoms with E-state index in [2.05, 4.69) is 46.1 Å². The maximum atomic E-state index is 13.5. The molecule has 0 N–H and O–H groups in total. The molecule has 0 bridgehead atoms. The molecule has 6 rings (SSSR count). The molecule has 2 unspecified atom stereocenters. The van der Waals surface area contributed by atoms with Crippen molar-refractivity contribution >= 4 is 32.9 Å². The van der Waals surface area contributed by atoms with E-state index in [1.165, 1.54) is 23.0 Å². The molecule has 2 heterocycles. The van der Waals surface area contributed by atoms with Crippen molar-refractivity contribution in [1.29, 1.82) is 5.26 Å². The Bertz CT molecular complexity index is 1610. The van der Waals surface area contributed by atoms with Crippen molar-refractivity contribution in [2.45, 2.75) is 36.1 Å². The van der Waals surface area contributed by atoms with Crippen LogP contribution in [-0.2, 0) is 9.84 Å². The summed E-state index contributed by atoms with van der Waals surface area (Å²) in [6.45, 7) is 7.47. The zero-order valence-corrected chi connectivity index (χ0v) is 19.7.